The predicted octanol–water partition coefficient (Wildman–Crippen LogP) is 3.84. The normalized spacial score (nSPS) is 13.8. The van der Waals surface area contributed by atoms with E-state index in [1.807, 2.05) is 6.92 Å². The lowest BCUT2D eigenvalue weighted by atomic mass is 10.0. The van der Waals surface area contributed by atoms with Gasteiger partial charge in [-0.2, -0.15) is 0 Å². The molecule has 0 aromatic heterocycles. The fourth-order valence-corrected chi connectivity index (χ4v) is 2.29. The third-order valence-corrected chi connectivity index (χ3v) is 3.53. The van der Waals surface area contributed by atoms with Gasteiger partial charge in [-0.3, -0.25) is 0 Å². The summed E-state index contributed by atoms with van der Waals surface area (Å²) in [5, 5.41) is 0. The quantitative estimate of drug-likeness (QED) is 0.427. The Morgan fingerprint density at radius 3 is 2.00 bits per heavy atom. The molecule has 6 heteroatoms. The van der Waals surface area contributed by atoms with Gasteiger partial charge in [0.05, 0.1) is 26.4 Å². The molecule has 0 saturated carbocycles. The Labute approximate surface area is 125 Å². The molecule has 0 spiro atoms. The highest BCUT2D eigenvalue weighted by Gasteiger charge is 2.30. The van der Waals surface area contributed by atoms with Gasteiger partial charge in [0.15, 0.2) is 3.79 Å². The smallest absolute Gasteiger partial charge is 0.193 e. The van der Waals surface area contributed by atoms with Crippen molar-refractivity contribution in [2.75, 3.05) is 40.1 Å². The zero-order chi connectivity index (χ0) is 13.9. The van der Waals surface area contributed by atoms with Crippen molar-refractivity contribution in [2.24, 2.45) is 5.92 Å². The van der Waals surface area contributed by atoms with Gasteiger partial charge in [0, 0.05) is 19.6 Å². The Hall–Kier alpha value is 0.750. The molecule has 1 unspecified atom stereocenters. The van der Waals surface area contributed by atoms with E-state index in [0.717, 1.165) is 19.3 Å². The number of ether oxygens (including phenoxy) is 3. The van der Waals surface area contributed by atoms with E-state index in [0.29, 0.717) is 33.0 Å². The molecular weight excluding hydrogens is 298 g/mol. The summed E-state index contributed by atoms with van der Waals surface area (Å²) < 4.78 is 14.4. The maximum atomic E-state index is 5.87. The Kier molecular flexibility index (Phi) is 12.0. The first-order valence-electron chi connectivity index (χ1n) is 6.23. The molecule has 0 saturated heterocycles. The van der Waals surface area contributed by atoms with E-state index >= 15 is 0 Å². The van der Waals surface area contributed by atoms with E-state index in [1.54, 1.807) is 7.11 Å². The third kappa shape index (κ3) is 10.7. The monoisotopic (exact) mass is 320 g/mol. The minimum absolute atomic E-state index is 0.0871. The van der Waals surface area contributed by atoms with Crippen molar-refractivity contribution >= 4 is 34.8 Å². The fourth-order valence-electron chi connectivity index (χ4n) is 1.50. The first-order chi connectivity index (χ1) is 8.52. The minimum atomic E-state index is -1.17. The molecule has 0 rings (SSSR count). The van der Waals surface area contributed by atoms with Gasteiger partial charge in [-0.15, -0.1) is 0 Å². The molecule has 1 atom stereocenters. The molecule has 0 N–H and O–H groups in total. The molecular formula is C12H23Cl3O3. The van der Waals surface area contributed by atoms with Crippen LogP contribution >= 0.6 is 34.8 Å². The van der Waals surface area contributed by atoms with E-state index in [-0.39, 0.29) is 5.92 Å². The second kappa shape index (κ2) is 11.6. The second-order valence-corrected chi connectivity index (χ2v) is 6.38. The van der Waals surface area contributed by atoms with Crippen molar-refractivity contribution in [1.29, 1.82) is 0 Å². The molecule has 0 radical (unpaired) electrons. The molecule has 3 nitrogen and oxygen atoms in total. The summed E-state index contributed by atoms with van der Waals surface area (Å²) in [6.07, 6.45) is 2.61. The van der Waals surface area contributed by atoms with E-state index < -0.39 is 3.79 Å². The van der Waals surface area contributed by atoms with E-state index in [2.05, 4.69) is 0 Å². The minimum Gasteiger partial charge on any atom is -0.382 e. The third-order valence-electron chi connectivity index (χ3n) is 2.60. The number of hydrogen-bond acceptors (Lipinski definition) is 3. The van der Waals surface area contributed by atoms with E-state index in [9.17, 15) is 0 Å². The molecule has 0 amide bonds. The summed E-state index contributed by atoms with van der Waals surface area (Å²) in [5.74, 6) is 0.0871. The zero-order valence-corrected chi connectivity index (χ0v) is 13.4. The summed E-state index contributed by atoms with van der Waals surface area (Å²) in [6.45, 7) is 5.09. The Morgan fingerprint density at radius 2 is 1.50 bits per heavy atom. The van der Waals surface area contributed by atoms with Gasteiger partial charge >= 0.3 is 0 Å². The van der Waals surface area contributed by atoms with Crippen LogP contribution in [0, 0.1) is 5.92 Å². The topological polar surface area (TPSA) is 27.7 Å². The standard InChI is InChI=1S/C12H23Cl3O3/c1-3-11(12(13,14)15)5-4-6-17-9-10-18-8-7-16-2/h11H,3-10H2,1-2H3. The number of rotatable bonds is 11. The largest absolute Gasteiger partial charge is 0.382 e. The van der Waals surface area contributed by atoms with Crippen LogP contribution in [0.1, 0.15) is 26.2 Å². The van der Waals surface area contributed by atoms with Gasteiger partial charge in [0.1, 0.15) is 0 Å². The van der Waals surface area contributed by atoms with Gasteiger partial charge < -0.3 is 14.2 Å². The van der Waals surface area contributed by atoms with Gasteiger partial charge in [-0.1, -0.05) is 41.7 Å². The zero-order valence-electron chi connectivity index (χ0n) is 11.1. The van der Waals surface area contributed by atoms with Crippen molar-refractivity contribution in [1.82, 2.24) is 0 Å². The maximum absolute atomic E-state index is 5.87. The highest BCUT2D eigenvalue weighted by molar-refractivity contribution is 6.67. The second-order valence-electron chi connectivity index (χ2n) is 4.01. The van der Waals surface area contributed by atoms with Gasteiger partial charge in [-0.05, 0) is 19.3 Å². The average molecular weight is 322 g/mol. The summed E-state index contributed by atoms with van der Waals surface area (Å²) in [7, 11) is 1.65. The van der Waals surface area contributed by atoms with Crippen LogP contribution in [0.15, 0.2) is 0 Å². The maximum Gasteiger partial charge on any atom is 0.193 e. The summed E-state index contributed by atoms with van der Waals surface area (Å²) in [4.78, 5) is 0. The van der Waals surface area contributed by atoms with Crippen LogP contribution < -0.4 is 0 Å². The average Bonchev–Trinajstić information content (AvgIpc) is 2.30. The first-order valence-corrected chi connectivity index (χ1v) is 7.36. The number of methoxy groups -OCH3 is 1. The Morgan fingerprint density at radius 1 is 0.944 bits per heavy atom. The van der Waals surface area contributed by atoms with Crippen molar-refractivity contribution in [3.8, 4) is 0 Å². The SMILES string of the molecule is CCC(CCCOCCOCCOC)C(Cl)(Cl)Cl. The Balaban J connectivity index is 3.34. The van der Waals surface area contributed by atoms with Gasteiger partial charge in [0.2, 0.25) is 0 Å². The fraction of sp³-hybridized carbons (Fsp3) is 1.00. The molecule has 18 heavy (non-hydrogen) atoms. The molecule has 0 aliphatic carbocycles. The van der Waals surface area contributed by atoms with Crippen LogP contribution in [0.4, 0.5) is 0 Å². The van der Waals surface area contributed by atoms with Gasteiger partial charge in [0.25, 0.3) is 0 Å². The summed E-state index contributed by atoms with van der Waals surface area (Å²) >= 11 is 17.6. The molecule has 0 aliphatic rings. The van der Waals surface area contributed by atoms with Crippen LogP contribution in [0.2, 0.25) is 0 Å². The van der Waals surface area contributed by atoms with Gasteiger partial charge in [-0.25, -0.2) is 0 Å². The number of halogens is 3. The Bertz CT molecular complexity index is 186. The predicted molar refractivity (Wildman–Crippen MR) is 76.8 cm³/mol. The number of alkyl halides is 3. The van der Waals surface area contributed by atoms with Crippen molar-refractivity contribution < 1.29 is 14.2 Å². The number of hydrogen-bond donors (Lipinski definition) is 0. The van der Waals surface area contributed by atoms with Crippen molar-refractivity contribution in [3.63, 3.8) is 0 Å². The van der Waals surface area contributed by atoms with Crippen LogP contribution in [0.25, 0.3) is 0 Å². The summed E-state index contributed by atoms with van der Waals surface area (Å²) in [6, 6.07) is 0. The molecule has 0 heterocycles. The van der Waals surface area contributed by atoms with Crippen LogP contribution in [0.3, 0.4) is 0 Å². The van der Waals surface area contributed by atoms with Crippen molar-refractivity contribution in [3.05, 3.63) is 0 Å². The molecule has 0 fully saturated rings. The lowest BCUT2D eigenvalue weighted by molar-refractivity contribution is 0.0234. The van der Waals surface area contributed by atoms with E-state index in [4.69, 9.17) is 49.0 Å². The highest BCUT2D eigenvalue weighted by atomic mass is 35.6. The van der Waals surface area contributed by atoms with E-state index in [1.165, 1.54) is 0 Å². The first kappa shape index (κ1) is 18.8. The van der Waals surface area contributed by atoms with Crippen molar-refractivity contribution in [2.45, 2.75) is 30.0 Å². The lowest BCUT2D eigenvalue weighted by Crippen LogP contribution is -2.19. The van der Waals surface area contributed by atoms with Crippen LogP contribution in [-0.2, 0) is 14.2 Å². The van der Waals surface area contributed by atoms with Crippen LogP contribution in [0.5, 0.6) is 0 Å². The highest BCUT2D eigenvalue weighted by Crippen LogP contribution is 2.39. The summed E-state index contributed by atoms with van der Waals surface area (Å²) in [5.41, 5.74) is 0. The molecule has 0 aromatic rings. The molecule has 0 aromatic carbocycles. The molecule has 110 valence electrons. The lowest BCUT2D eigenvalue weighted by Gasteiger charge is -2.22. The molecule has 0 aliphatic heterocycles. The van der Waals surface area contributed by atoms with Crippen LogP contribution in [-0.4, -0.2) is 43.9 Å². The molecule has 0 bridgehead atoms.